The van der Waals surface area contributed by atoms with Crippen LogP contribution in [0.15, 0.2) is 28.7 Å². The van der Waals surface area contributed by atoms with Gasteiger partial charge in [-0.1, -0.05) is 17.3 Å². The molecule has 5 nitrogen and oxygen atoms in total. The first-order valence-electron chi connectivity index (χ1n) is 4.83. The summed E-state index contributed by atoms with van der Waals surface area (Å²) in [4.78, 5) is 10.8. The topological polar surface area (TPSA) is 68.0 Å². The van der Waals surface area contributed by atoms with E-state index < -0.39 is 23.5 Å². The third-order valence-electron chi connectivity index (χ3n) is 2.22. The molecule has 0 aliphatic carbocycles. The number of carbonyl (C=O) groups is 1. The quantitative estimate of drug-likeness (QED) is 0.916. The lowest BCUT2D eigenvalue weighted by Crippen LogP contribution is -2.17. The highest BCUT2D eigenvalue weighted by Gasteiger charge is 2.42. The molecule has 0 saturated carbocycles. The molecule has 9 heteroatoms. The fourth-order valence-electron chi connectivity index (χ4n) is 1.47. The molecule has 2 rings (SSSR count). The maximum atomic E-state index is 12.9. The Kier molecular flexibility index (Phi) is 3.31. The Morgan fingerprint density at radius 2 is 1.95 bits per heavy atom. The lowest BCUT2D eigenvalue weighted by molar-refractivity contribution is -0.143. The van der Waals surface area contributed by atoms with Gasteiger partial charge in [0.25, 0.3) is 0 Å². The van der Waals surface area contributed by atoms with Crippen LogP contribution in [0.2, 0.25) is 0 Å². The Balaban J connectivity index is 2.73. The molecule has 19 heavy (non-hydrogen) atoms. The number of benzene rings is 1. The van der Waals surface area contributed by atoms with Gasteiger partial charge in [-0.3, -0.25) is 0 Å². The molecule has 0 saturated heterocycles. The first-order chi connectivity index (χ1) is 8.82. The van der Waals surface area contributed by atoms with Gasteiger partial charge in [-0.15, -0.1) is 5.10 Å². The SMILES string of the molecule is O=C(O)c1nnn(-c2ccccc2Br)c1C(F)(F)F. The average Bonchev–Trinajstić information content (AvgIpc) is 2.73. The van der Waals surface area contributed by atoms with Crippen molar-refractivity contribution in [2.45, 2.75) is 6.18 Å². The molecule has 1 heterocycles. The number of hydrogen-bond donors (Lipinski definition) is 1. The van der Waals surface area contributed by atoms with Crippen LogP contribution in [0.25, 0.3) is 5.69 Å². The third kappa shape index (κ3) is 2.46. The molecular weight excluding hydrogens is 331 g/mol. The summed E-state index contributed by atoms with van der Waals surface area (Å²) in [6, 6.07) is 5.98. The smallest absolute Gasteiger partial charge is 0.436 e. The lowest BCUT2D eigenvalue weighted by Gasteiger charge is -2.11. The van der Waals surface area contributed by atoms with Crippen LogP contribution in [0.5, 0.6) is 0 Å². The van der Waals surface area contributed by atoms with E-state index in [1.165, 1.54) is 18.2 Å². The van der Waals surface area contributed by atoms with E-state index in [1.54, 1.807) is 6.07 Å². The molecule has 0 aliphatic rings. The predicted octanol–water partition coefficient (Wildman–Crippen LogP) is 2.75. The highest BCUT2D eigenvalue weighted by Crippen LogP contribution is 2.34. The van der Waals surface area contributed by atoms with Gasteiger partial charge in [0.05, 0.1) is 5.69 Å². The molecule has 0 atom stereocenters. The summed E-state index contributed by atoms with van der Waals surface area (Å²) in [7, 11) is 0. The number of rotatable bonds is 2. The van der Waals surface area contributed by atoms with Crippen molar-refractivity contribution >= 4 is 21.9 Å². The van der Waals surface area contributed by atoms with Crippen LogP contribution < -0.4 is 0 Å². The highest BCUT2D eigenvalue weighted by atomic mass is 79.9. The summed E-state index contributed by atoms with van der Waals surface area (Å²) in [5.74, 6) is -1.79. The van der Waals surface area contributed by atoms with E-state index in [2.05, 4.69) is 26.2 Å². The van der Waals surface area contributed by atoms with Crippen LogP contribution in [0, 0.1) is 0 Å². The minimum atomic E-state index is -4.88. The van der Waals surface area contributed by atoms with Crippen LogP contribution in [0.1, 0.15) is 16.2 Å². The monoisotopic (exact) mass is 335 g/mol. The van der Waals surface area contributed by atoms with Crippen molar-refractivity contribution in [1.29, 1.82) is 0 Å². The second-order valence-corrected chi connectivity index (χ2v) is 4.31. The molecule has 100 valence electrons. The van der Waals surface area contributed by atoms with Crippen LogP contribution in [-0.2, 0) is 6.18 Å². The van der Waals surface area contributed by atoms with Gasteiger partial charge in [0.15, 0.2) is 5.69 Å². The molecule has 0 unspecified atom stereocenters. The van der Waals surface area contributed by atoms with Crippen molar-refractivity contribution in [2.24, 2.45) is 0 Å². The van der Waals surface area contributed by atoms with Crippen LogP contribution in [-0.4, -0.2) is 26.1 Å². The molecule has 0 aliphatic heterocycles. The Morgan fingerprint density at radius 3 is 2.47 bits per heavy atom. The van der Waals surface area contributed by atoms with Gasteiger partial charge in [0, 0.05) is 4.47 Å². The van der Waals surface area contributed by atoms with E-state index >= 15 is 0 Å². The summed E-state index contributed by atoms with van der Waals surface area (Å²) in [5, 5.41) is 15.1. The van der Waals surface area contributed by atoms with Crippen molar-refractivity contribution in [3.63, 3.8) is 0 Å². The van der Waals surface area contributed by atoms with E-state index in [0.717, 1.165) is 0 Å². The second-order valence-electron chi connectivity index (χ2n) is 3.45. The van der Waals surface area contributed by atoms with Gasteiger partial charge < -0.3 is 5.11 Å². The molecule has 1 aromatic heterocycles. The molecule has 1 aromatic carbocycles. The number of para-hydroxylation sites is 1. The number of carboxylic acids is 1. The van der Waals surface area contributed by atoms with Gasteiger partial charge >= 0.3 is 12.1 Å². The minimum absolute atomic E-state index is 0.0508. The van der Waals surface area contributed by atoms with E-state index in [-0.39, 0.29) is 5.69 Å². The van der Waals surface area contributed by atoms with E-state index in [0.29, 0.717) is 9.15 Å². The van der Waals surface area contributed by atoms with Gasteiger partial charge in [0.1, 0.15) is 0 Å². The maximum absolute atomic E-state index is 12.9. The number of alkyl halides is 3. The number of hydrogen-bond acceptors (Lipinski definition) is 3. The van der Waals surface area contributed by atoms with Crippen molar-refractivity contribution < 1.29 is 23.1 Å². The van der Waals surface area contributed by atoms with Crippen molar-refractivity contribution in [2.75, 3.05) is 0 Å². The first-order valence-corrected chi connectivity index (χ1v) is 5.62. The summed E-state index contributed by atoms with van der Waals surface area (Å²) >= 11 is 3.08. The highest BCUT2D eigenvalue weighted by molar-refractivity contribution is 9.10. The normalized spacial score (nSPS) is 11.6. The van der Waals surface area contributed by atoms with E-state index in [9.17, 15) is 18.0 Å². The fourth-order valence-corrected chi connectivity index (χ4v) is 1.93. The minimum Gasteiger partial charge on any atom is -0.476 e. The zero-order valence-electron chi connectivity index (χ0n) is 9.02. The molecule has 0 fully saturated rings. The van der Waals surface area contributed by atoms with Crippen LogP contribution in [0.4, 0.5) is 13.2 Å². The van der Waals surface area contributed by atoms with Crippen molar-refractivity contribution in [3.05, 3.63) is 40.1 Å². The largest absolute Gasteiger partial charge is 0.476 e. The maximum Gasteiger partial charge on any atom is 0.436 e. The van der Waals surface area contributed by atoms with E-state index in [1.807, 2.05) is 0 Å². The lowest BCUT2D eigenvalue weighted by atomic mass is 10.2. The van der Waals surface area contributed by atoms with E-state index in [4.69, 9.17) is 5.11 Å². The standard InChI is InChI=1S/C10H5BrF3N3O2/c11-5-3-1-2-4-6(5)17-8(10(12,13)14)7(9(18)19)15-16-17/h1-4H,(H,18,19). The predicted molar refractivity (Wildman–Crippen MR) is 61.0 cm³/mol. The summed E-state index contributed by atoms with van der Waals surface area (Å²) in [6.07, 6.45) is -4.88. The van der Waals surface area contributed by atoms with Crippen LogP contribution in [0.3, 0.4) is 0 Å². The second kappa shape index (κ2) is 4.65. The van der Waals surface area contributed by atoms with Crippen molar-refractivity contribution in [3.8, 4) is 5.69 Å². The Hall–Kier alpha value is -1.90. The first kappa shape index (κ1) is 13.5. The molecule has 0 bridgehead atoms. The zero-order valence-corrected chi connectivity index (χ0v) is 10.6. The van der Waals surface area contributed by atoms with Gasteiger partial charge in [-0.2, -0.15) is 13.2 Å². The number of aromatic nitrogens is 3. The van der Waals surface area contributed by atoms with Crippen LogP contribution >= 0.6 is 15.9 Å². The zero-order chi connectivity index (χ0) is 14.2. The molecular formula is C10H5BrF3N3O2. The number of nitrogens with zero attached hydrogens (tertiary/aromatic N) is 3. The molecule has 0 spiro atoms. The number of halogens is 4. The fraction of sp³-hybridized carbons (Fsp3) is 0.100. The summed E-state index contributed by atoms with van der Waals surface area (Å²) in [6.45, 7) is 0. The Morgan fingerprint density at radius 1 is 1.32 bits per heavy atom. The van der Waals surface area contributed by atoms with Gasteiger partial charge in [-0.25, -0.2) is 9.48 Å². The molecule has 0 amide bonds. The van der Waals surface area contributed by atoms with Gasteiger partial charge in [-0.05, 0) is 28.1 Å². The Bertz CT molecular complexity index is 639. The van der Waals surface area contributed by atoms with Crippen molar-refractivity contribution in [1.82, 2.24) is 15.0 Å². The van der Waals surface area contributed by atoms with Gasteiger partial charge in [0.2, 0.25) is 5.69 Å². The summed E-state index contributed by atoms with van der Waals surface area (Å²) in [5.41, 5.74) is -2.51. The summed E-state index contributed by atoms with van der Waals surface area (Å²) < 4.78 is 39.6. The number of aromatic carboxylic acids is 1. The third-order valence-corrected chi connectivity index (χ3v) is 2.89. The Labute approximate surface area is 112 Å². The molecule has 0 radical (unpaired) electrons. The average molecular weight is 336 g/mol. The molecule has 1 N–H and O–H groups in total. The molecule has 2 aromatic rings. The number of carboxylic acid groups (broad SMARTS) is 1.